The molecule has 0 atom stereocenters. The third-order valence-electron chi connectivity index (χ3n) is 0.732. The second-order valence-electron chi connectivity index (χ2n) is 1.26. The van der Waals surface area contributed by atoms with E-state index in [1.54, 1.807) is 11.8 Å². The van der Waals surface area contributed by atoms with Gasteiger partial charge < -0.3 is 0 Å². The highest BCUT2D eigenvalue weighted by Gasteiger charge is 1.92. The maximum absolute atomic E-state index is 3.96. The van der Waals surface area contributed by atoms with E-state index >= 15 is 0 Å². The second-order valence-corrected chi connectivity index (χ2v) is 3.25. The highest BCUT2D eigenvalue weighted by atomic mass is 127. The molecule has 0 aromatic carbocycles. The summed E-state index contributed by atoms with van der Waals surface area (Å²) in [6.45, 7) is 0. The molecule has 0 saturated carbocycles. The number of aromatic amines is 1. The van der Waals surface area contributed by atoms with E-state index in [2.05, 4.69) is 32.8 Å². The summed E-state index contributed by atoms with van der Waals surface area (Å²) in [5.41, 5.74) is 0. The summed E-state index contributed by atoms with van der Waals surface area (Å²) in [6, 6.07) is 2.01. The van der Waals surface area contributed by atoms with Crippen LogP contribution in [0.3, 0.4) is 0 Å². The summed E-state index contributed by atoms with van der Waals surface area (Å²) >= 11 is 3.84. The van der Waals surface area contributed by atoms with E-state index in [4.69, 9.17) is 0 Å². The van der Waals surface area contributed by atoms with Gasteiger partial charge in [-0.15, -0.1) is 11.8 Å². The van der Waals surface area contributed by atoms with Gasteiger partial charge in [0.25, 0.3) is 0 Å². The quantitative estimate of drug-likeness (QED) is 0.598. The molecule has 0 unspecified atom stereocenters. The summed E-state index contributed by atoms with van der Waals surface area (Å²) in [5.74, 6) is 0. The molecule has 0 aliphatic rings. The number of nitrogens with one attached hydrogen (secondary N) is 1. The van der Waals surface area contributed by atoms with Gasteiger partial charge in [-0.25, -0.2) is 0 Å². The van der Waals surface area contributed by atoms with Crippen molar-refractivity contribution in [3.8, 4) is 0 Å². The lowest BCUT2D eigenvalue weighted by Gasteiger charge is -1.77. The number of rotatable bonds is 1. The Hall–Kier alpha value is 0.290. The van der Waals surface area contributed by atoms with E-state index in [0.717, 1.165) is 8.73 Å². The molecule has 0 amide bonds. The standard InChI is InChI=1S/C4H5IN2S/c1-8-4-2-3(5)6-7-4/h2H,1H3,(H,6,7). The minimum absolute atomic E-state index is 1.05. The van der Waals surface area contributed by atoms with Crippen LogP contribution in [0.4, 0.5) is 0 Å². The number of nitrogens with zero attached hydrogens (tertiary/aromatic N) is 1. The van der Waals surface area contributed by atoms with Crippen LogP contribution in [-0.2, 0) is 0 Å². The molecule has 0 bridgehead atoms. The summed E-state index contributed by atoms with van der Waals surface area (Å²) in [7, 11) is 0. The fraction of sp³-hybridized carbons (Fsp3) is 0.250. The van der Waals surface area contributed by atoms with Crippen LogP contribution in [0.5, 0.6) is 0 Å². The zero-order valence-electron chi connectivity index (χ0n) is 4.31. The number of hydrogen-bond acceptors (Lipinski definition) is 2. The van der Waals surface area contributed by atoms with Gasteiger partial charge in [-0.1, -0.05) is 0 Å². The van der Waals surface area contributed by atoms with Gasteiger partial charge in [0.15, 0.2) is 0 Å². The van der Waals surface area contributed by atoms with Crippen molar-refractivity contribution in [2.75, 3.05) is 6.26 Å². The fourth-order valence-electron chi connectivity index (χ4n) is 0.386. The highest BCUT2D eigenvalue weighted by Crippen LogP contribution is 2.12. The third kappa shape index (κ3) is 1.38. The van der Waals surface area contributed by atoms with Crippen LogP contribution >= 0.6 is 34.4 Å². The minimum atomic E-state index is 1.05. The summed E-state index contributed by atoms with van der Waals surface area (Å²) in [5, 5.41) is 7.85. The minimum Gasteiger partial charge on any atom is -0.271 e. The Morgan fingerprint density at radius 2 is 2.62 bits per heavy atom. The predicted octanol–water partition coefficient (Wildman–Crippen LogP) is 1.74. The van der Waals surface area contributed by atoms with Crippen LogP contribution in [0.2, 0.25) is 0 Å². The smallest absolute Gasteiger partial charge is 0.119 e. The van der Waals surface area contributed by atoms with Crippen molar-refractivity contribution < 1.29 is 0 Å². The van der Waals surface area contributed by atoms with Gasteiger partial charge in [-0.2, -0.15) is 5.10 Å². The predicted molar refractivity (Wildman–Crippen MR) is 43.1 cm³/mol. The van der Waals surface area contributed by atoms with Gasteiger partial charge in [-0.3, -0.25) is 5.10 Å². The number of hydrogen-bond donors (Lipinski definition) is 1. The molecule has 0 aliphatic heterocycles. The molecule has 1 aromatic heterocycles. The van der Waals surface area contributed by atoms with Gasteiger partial charge in [0.05, 0.1) is 3.70 Å². The Labute approximate surface area is 65.6 Å². The first kappa shape index (κ1) is 6.41. The molecular weight excluding hydrogens is 235 g/mol. The maximum Gasteiger partial charge on any atom is 0.119 e. The van der Waals surface area contributed by atoms with Crippen molar-refractivity contribution in [3.05, 3.63) is 9.77 Å². The second kappa shape index (κ2) is 2.72. The van der Waals surface area contributed by atoms with Gasteiger partial charge in [-0.05, 0) is 28.8 Å². The van der Waals surface area contributed by atoms with E-state index in [1.807, 2.05) is 12.3 Å². The first-order valence-corrected chi connectivity index (χ1v) is 4.38. The number of halogens is 1. The Morgan fingerprint density at radius 1 is 1.88 bits per heavy atom. The Balaban J connectivity index is 2.84. The zero-order valence-corrected chi connectivity index (χ0v) is 7.28. The molecule has 0 fully saturated rings. The van der Waals surface area contributed by atoms with E-state index in [0.29, 0.717) is 0 Å². The molecular formula is C4H5IN2S. The lowest BCUT2D eigenvalue weighted by Crippen LogP contribution is -1.67. The van der Waals surface area contributed by atoms with Gasteiger partial charge in [0.1, 0.15) is 5.03 Å². The lowest BCUT2D eigenvalue weighted by molar-refractivity contribution is 0.993. The van der Waals surface area contributed by atoms with Crippen molar-refractivity contribution in [1.82, 2.24) is 10.2 Å². The van der Waals surface area contributed by atoms with Gasteiger partial charge in [0.2, 0.25) is 0 Å². The van der Waals surface area contributed by atoms with E-state index in [-0.39, 0.29) is 0 Å². The van der Waals surface area contributed by atoms with Crippen molar-refractivity contribution >= 4 is 34.4 Å². The van der Waals surface area contributed by atoms with E-state index in [9.17, 15) is 0 Å². The Bertz CT molecular complexity index is 174. The zero-order chi connectivity index (χ0) is 5.98. The molecule has 1 rings (SSSR count). The molecule has 0 radical (unpaired) electrons. The first-order chi connectivity index (χ1) is 3.83. The molecule has 44 valence electrons. The summed E-state index contributed by atoms with van der Waals surface area (Å²) in [4.78, 5) is 0. The summed E-state index contributed by atoms with van der Waals surface area (Å²) in [6.07, 6.45) is 2.01. The number of H-pyrrole nitrogens is 1. The summed E-state index contributed by atoms with van der Waals surface area (Å²) < 4.78 is 1.09. The number of aromatic nitrogens is 2. The molecule has 1 heterocycles. The Morgan fingerprint density at radius 3 is 2.88 bits per heavy atom. The monoisotopic (exact) mass is 240 g/mol. The van der Waals surface area contributed by atoms with Crippen molar-refractivity contribution in [2.24, 2.45) is 0 Å². The van der Waals surface area contributed by atoms with Crippen LogP contribution in [-0.4, -0.2) is 16.5 Å². The lowest BCUT2D eigenvalue weighted by atomic mass is 10.8. The van der Waals surface area contributed by atoms with Crippen LogP contribution in [0.1, 0.15) is 0 Å². The molecule has 1 aromatic rings. The maximum atomic E-state index is 3.96. The first-order valence-electron chi connectivity index (χ1n) is 2.08. The van der Waals surface area contributed by atoms with Crippen molar-refractivity contribution in [3.63, 3.8) is 0 Å². The molecule has 0 aliphatic carbocycles. The van der Waals surface area contributed by atoms with Crippen LogP contribution in [0, 0.1) is 3.70 Å². The molecule has 0 saturated heterocycles. The van der Waals surface area contributed by atoms with Crippen LogP contribution in [0.25, 0.3) is 0 Å². The Kier molecular flexibility index (Phi) is 2.18. The van der Waals surface area contributed by atoms with E-state index < -0.39 is 0 Å². The van der Waals surface area contributed by atoms with Crippen molar-refractivity contribution in [1.29, 1.82) is 0 Å². The molecule has 0 spiro atoms. The van der Waals surface area contributed by atoms with Crippen LogP contribution in [0.15, 0.2) is 11.1 Å². The third-order valence-corrected chi connectivity index (χ3v) is 1.91. The molecule has 4 heteroatoms. The SMILES string of the molecule is CSc1cc(I)[nH]n1. The van der Waals surface area contributed by atoms with Gasteiger partial charge >= 0.3 is 0 Å². The topological polar surface area (TPSA) is 28.7 Å². The largest absolute Gasteiger partial charge is 0.271 e. The average molecular weight is 240 g/mol. The molecule has 8 heavy (non-hydrogen) atoms. The average Bonchev–Trinajstić information content (AvgIpc) is 2.14. The highest BCUT2D eigenvalue weighted by molar-refractivity contribution is 14.1. The fourth-order valence-corrected chi connectivity index (χ4v) is 1.39. The normalized spacial score (nSPS) is 9.75. The molecule has 1 N–H and O–H groups in total. The molecule has 2 nitrogen and oxygen atoms in total. The van der Waals surface area contributed by atoms with Crippen LogP contribution < -0.4 is 0 Å². The van der Waals surface area contributed by atoms with Gasteiger partial charge in [0, 0.05) is 6.07 Å². The van der Waals surface area contributed by atoms with Crippen molar-refractivity contribution in [2.45, 2.75) is 5.03 Å². The number of thioether (sulfide) groups is 1. The van der Waals surface area contributed by atoms with E-state index in [1.165, 1.54) is 0 Å².